The third-order valence-corrected chi connectivity index (χ3v) is 4.78. The molecule has 0 unspecified atom stereocenters. The van der Waals surface area contributed by atoms with Crippen LogP contribution in [0.5, 0.6) is 0 Å². The third-order valence-electron chi connectivity index (χ3n) is 4.78. The van der Waals surface area contributed by atoms with Crippen LogP contribution < -0.4 is 10.6 Å². The van der Waals surface area contributed by atoms with Crippen molar-refractivity contribution in [3.05, 3.63) is 59.7 Å². The summed E-state index contributed by atoms with van der Waals surface area (Å²) in [5, 5.41) is 5.22. The number of hydrogen-bond acceptors (Lipinski definition) is 4. The molecule has 0 radical (unpaired) electrons. The van der Waals surface area contributed by atoms with Crippen LogP contribution in [0.15, 0.2) is 48.3 Å². The van der Waals surface area contributed by atoms with Gasteiger partial charge in [-0.25, -0.2) is 4.98 Å². The van der Waals surface area contributed by atoms with Crippen molar-refractivity contribution < 1.29 is 14.4 Å². The van der Waals surface area contributed by atoms with Crippen LogP contribution in [0.1, 0.15) is 38.1 Å². The number of pyridine rings is 1. The first kappa shape index (κ1) is 23.9. The molecule has 3 heterocycles. The lowest BCUT2D eigenvalue weighted by molar-refractivity contribution is -0.137. The number of hydrogen-bond donors (Lipinski definition) is 2. The van der Waals surface area contributed by atoms with E-state index >= 15 is 0 Å². The molecule has 2 N–H and O–H groups in total. The maximum absolute atomic E-state index is 12.2. The van der Waals surface area contributed by atoms with Crippen molar-refractivity contribution in [1.82, 2.24) is 24.9 Å². The molecule has 31 heavy (non-hydrogen) atoms. The minimum Gasteiger partial charge on any atom is -0.353 e. The molecule has 0 saturated carbocycles. The molecule has 0 atom stereocenters. The first-order valence-corrected chi connectivity index (χ1v) is 10.5. The quantitative estimate of drug-likeness (QED) is 0.525. The highest BCUT2D eigenvalue weighted by Gasteiger charge is 2.21. The summed E-state index contributed by atoms with van der Waals surface area (Å²) in [4.78, 5) is 39.4. The van der Waals surface area contributed by atoms with Gasteiger partial charge in [-0.2, -0.15) is 0 Å². The van der Waals surface area contributed by atoms with Crippen LogP contribution in [0.3, 0.4) is 0 Å². The average Bonchev–Trinajstić information content (AvgIpc) is 3.18. The van der Waals surface area contributed by atoms with E-state index in [0.717, 1.165) is 35.4 Å². The topological polar surface area (TPSA) is 95.8 Å². The van der Waals surface area contributed by atoms with Gasteiger partial charge in [0, 0.05) is 31.2 Å². The van der Waals surface area contributed by atoms with Gasteiger partial charge in [-0.3, -0.25) is 14.4 Å². The Morgan fingerprint density at radius 1 is 1.32 bits per heavy atom. The predicted octanol–water partition coefficient (Wildman–Crippen LogP) is 2.14. The van der Waals surface area contributed by atoms with Gasteiger partial charge < -0.3 is 19.9 Å². The minimum atomic E-state index is -0.101. The minimum absolute atomic E-state index is 0.0547. The highest BCUT2D eigenvalue weighted by Crippen LogP contribution is 2.10. The van der Waals surface area contributed by atoms with Gasteiger partial charge in [0.05, 0.1) is 18.7 Å². The van der Waals surface area contributed by atoms with Crippen molar-refractivity contribution in [1.29, 1.82) is 0 Å². The number of amides is 3. The van der Waals surface area contributed by atoms with Crippen molar-refractivity contribution in [2.45, 2.75) is 40.0 Å². The molecule has 1 aliphatic heterocycles. The van der Waals surface area contributed by atoms with Gasteiger partial charge in [0.1, 0.15) is 5.65 Å². The number of nitrogens with zero attached hydrogens (tertiary/aromatic N) is 3. The number of aryl methyl sites for hydroxylation is 1. The summed E-state index contributed by atoms with van der Waals surface area (Å²) in [6.07, 6.45) is 10.6. The second-order valence-electron chi connectivity index (χ2n) is 7.14. The number of aromatic nitrogens is 2. The molecule has 8 heteroatoms. The van der Waals surface area contributed by atoms with Gasteiger partial charge in [-0.05, 0) is 37.5 Å². The van der Waals surface area contributed by atoms with Gasteiger partial charge in [-0.1, -0.05) is 32.1 Å². The fraction of sp³-hybridized carbons (Fsp3) is 0.391. The van der Waals surface area contributed by atoms with E-state index in [4.69, 9.17) is 0 Å². The summed E-state index contributed by atoms with van der Waals surface area (Å²) >= 11 is 0. The molecule has 0 aliphatic carbocycles. The number of carbonyl (C=O) groups excluding carboxylic acids is 3. The zero-order chi connectivity index (χ0) is 22.6. The fourth-order valence-corrected chi connectivity index (χ4v) is 3.08. The number of fused-ring (bicyclic) bond motifs is 1. The Hall–Kier alpha value is -3.42. The average molecular weight is 426 g/mol. The molecule has 0 spiro atoms. The van der Waals surface area contributed by atoms with Crippen LogP contribution in [0.4, 0.5) is 0 Å². The van der Waals surface area contributed by atoms with E-state index in [1.54, 1.807) is 11.1 Å². The maximum atomic E-state index is 12.2. The molecule has 1 aliphatic rings. The van der Waals surface area contributed by atoms with Crippen LogP contribution in [0, 0.1) is 6.92 Å². The largest absolute Gasteiger partial charge is 0.353 e. The zero-order valence-electron chi connectivity index (χ0n) is 18.4. The molecule has 3 rings (SSSR count). The van der Waals surface area contributed by atoms with E-state index in [2.05, 4.69) is 35.5 Å². The smallest absolute Gasteiger partial charge is 0.239 e. The lowest BCUT2D eigenvalue weighted by Crippen LogP contribution is -2.50. The monoisotopic (exact) mass is 425 g/mol. The molecule has 2 aromatic heterocycles. The molecule has 1 saturated heterocycles. The first-order chi connectivity index (χ1) is 15.0. The van der Waals surface area contributed by atoms with Crippen LogP contribution in [0.25, 0.3) is 5.65 Å². The molecular weight excluding hydrogens is 394 g/mol. The number of nitrogens with one attached hydrogen (secondary N) is 2. The Morgan fingerprint density at radius 3 is 2.77 bits per heavy atom. The highest BCUT2D eigenvalue weighted by atomic mass is 16.2. The van der Waals surface area contributed by atoms with Gasteiger partial charge in [0.15, 0.2) is 0 Å². The third kappa shape index (κ3) is 7.40. The van der Waals surface area contributed by atoms with E-state index in [9.17, 15) is 14.4 Å². The Labute approximate surface area is 183 Å². The zero-order valence-corrected chi connectivity index (χ0v) is 18.4. The number of carbonyl (C=O) groups is 3. The van der Waals surface area contributed by atoms with E-state index < -0.39 is 0 Å². The second kappa shape index (κ2) is 12.3. The van der Waals surface area contributed by atoms with Crippen LogP contribution in [0.2, 0.25) is 0 Å². The summed E-state index contributed by atoms with van der Waals surface area (Å²) in [6, 6.07) is 5.85. The summed E-state index contributed by atoms with van der Waals surface area (Å²) < 4.78 is 1.96. The lowest BCUT2D eigenvalue weighted by atomic mass is 10.2. The van der Waals surface area contributed by atoms with E-state index in [1.807, 2.05) is 41.8 Å². The van der Waals surface area contributed by atoms with Crippen molar-refractivity contribution >= 4 is 23.9 Å². The first-order valence-electron chi connectivity index (χ1n) is 10.5. The Kier molecular flexibility index (Phi) is 9.48. The van der Waals surface area contributed by atoms with Crippen molar-refractivity contribution in [3.8, 4) is 0 Å². The van der Waals surface area contributed by atoms with Crippen molar-refractivity contribution in [3.63, 3.8) is 0 Å². The number of allylic oxidation sites excluding steroid dienone is 3. The SMILES string of the molecule is CC/C=C\C(=C/NC=O)CC.Cc1cccc2nc(CC(=O)N3CCNC(=O)C3)cn12. The molecule has 2 aromatic rings. The summed E-state index contributed by atoms with van der Waals surface area (Å²) in [5.74, 6) is -0.156. The maximum Gasteiger partial charge on any atom is 0.239 e. The highest BCUT2D eigenvalue weighted by molar-refractivity contribution is 5.86. The number of rotatable bonds is 7. The molecular formula is C23H31N5O3. The Balaban J connectivity index is 0.000000267. The molecule has 8 nitrogen and oxygen atoms in total. The van der Waals surface area contributed by atoms with Gasteiger partial charge >= 0.3 is 0 Å². The van der Waals surface area contributed by atoms with Gasteiger partial charge in [-0.15, -0.1) is 0 Å². The van der Waals surface area contributed by atoms with Gasteiger partial charge in [0.25, 0.3) is 0 Å². The van der Waals surface area contributed by atoms with Crippen LogP contribution in [-0.4, -0.2) is 52.1 Å². The summed E-state index contributed by atoms with van der Waals surface area (Å²) in [5.41, 5.74) is 3.78. The Morgan fingerprint density at radius 2 is 2.13 bits per heavy atom. The molecule has 166 valence electrons. The lowest BCUT2D eigenvalue weighted by Gasteiger charge is -2.26. The van der Waals surface area contributed by atoms with Gasteiger partial charge in [0.2, 0.25) is 18.2 Å². The van der Waals surface area contributed by atoms with Crippen LogP contribution in [-0.2, 0) is 20.8 Å². The summed E-state index contributed by atoms with van der Waals surface area (Å²) in [7, 11) is 0. The van der Waals surface area contributed by atoms with E-state index in [-0.39, 0.29) is 24.8 Å². The standard InChI is InChI=1S/C14H16N4O2.C9H15NO/c1-10-3-2-4-12-16-11(8-18(10)12)7-14(20)17-6-5-15-13(19)9-17;1-3-5-6-9(4-2)7-10-8-11/h2-4,8H,5-7,9H2,1H3,(H,15,19);5-8H,3-4H2,1-2H3,(H,10,11)/b;6-5-,9-7-. The number of imidazole rings is 1. The predicted molar refractivity (Wildman–Crippen MR) is 120 cm³/mol. The van der Waals surface area contributed by atoms with E-state index in [1.165, 1.54) is 0 Å². The second-order valence-corrected chi connectivity index (χ2v) is 7.14. The molecule has 3 amide bonds. The van der Waals surface area contributed by atoms with E-state index in [0.29, 0.717) is 19.5 Å². The normalized spacial score (nSPS) is 14.2. The molecule has 0 bridgehead atoms. The Bertz CT molecular complexity index is 961. The molecule has 1 fully saturated rings. The summed E-state index contributed by atoms with van der Waals surface area (Å²) in [6.45, 7) is 7.36. The fourth-order valence-electron chi connectivity index (χ4n) is 3.08. The van der Waals surface area contributed by atoms with Crippen molar-refractivity contribution in [2.75, 3.05) is 19.6 Å². The van der Waals surface area contributed by atoms with Crippen molar-refractivity contribution in [2.24, 2.45) is 0 Å². The van der Waals surface area contributed by atoms with Crippen LogP contribution >= 0.6 is 0 Å². The number of piperazine rings is 1. The molecule has 0 aromatic carbocycles.